The van der Waals surface area contributed by atoms with Gasteiger partial charge in [0.25, 0.3) is 0 Å². The van der Waals surface area contributed by atoms with Gasteiger partial charge in [0, 0.05) is 121 Å². The van der Waals surface area contributed by atoms with Crippen molar-refractivity contribution in [1.82, 2.24) is 0 Å². The van der Waals surface area contributed by atoms with Gasteiger partial charge in [-0.1, -0.05) is 0 Å². The Kier molecular flexibility index (Phi) is 51500. The van der Waals surface area contributed by atoms with Crippen molar-refractivity contribution in [2.45, 2.75) is 0 Å². The summed E-state index contributed by atoms with van der Waals surface area (Å²) in [5, 5.41) is 37.5. The Labute approximate surface area is 189 Å². The SMILES string of the molecule is [C-]#N.[C-]#N.[C-]#N.[C-]#N.[C-]#N.[C-]#N.[Tc].[Tc].[Tc].[Tc].[Tc].[Tc]. The minimum atomic E-state index is 0. The summed E-state index contributed by atoms with van der Waals surface area (Å²) in [5.74, 6) is 0. The predicted molar refractivity (Wildman–Crippen MR) is 29.8 cm³/mol. The number of nitrogens with zero attached hydrogens (tertiary/aromatic N) is 6. The zero-order valence-corrected chi connectivity index (χ0v) is 19.1. The van der Waals surface area contributed by atoms with Crippen LogP contribution in [-0.2, 0) is 121 Å². The third-order valence-corrected chi connectivity index (χ3v) is 0. The van der Waals surface area contributed by atoms with E-state index in [1.54, 1.807) is 0 Å². The molecule has 0 spiro atoms. The van der Waals surface area contributed by atoms with Gasteiger partial charge >= 0.3 is 0 Å². The van der Waals surface area contributed by atoms with Gasteiger partial charge in [-0.3, -0.25) is 0 Å². The Morgan fingerprint density at radius 2 is 0.222 bits per heavy atom. The van der Waals surface area contributed by atoms with Crippen LogP contribution >= 0.6 is 0 Å². The second kappa shape index (κ2) is 7230. The fourth-order valence-corrected chi connectivity index (χ4v) is 0. The number of hydrogen-bond acceptors (Lipinski definition) is 6. The minimum Gasteiger partial charge on any atom is -0.512 e. The van der Waals surface area contributed by atoms with E-state index in [4.69, 9.17) is 71.0 Å². The predicted octanol–water partition coefficient (Wildman–Crippen LogP) is 0.563. The maximum Gasteiger partial charge on any atom is 0 e. The Hall–Kier alpha value is 0.836. The monoisotopic (exact) mass is 737 g/mol. The average molecular weight is 744 g/mol. The van der Waals surface area contributed by atoms with Crippen LogP contribution in [0.5, 0.6) is 0 Å². The standard InChI is InChI=1S/6CN.6Tc/c6*1-2;;;;;;/q6*-1;;;;;;. The van der Waals surface area contributed by atoms with Crippen molar-refractivity contribution in [3.05, 3.63) is 39.4 Å². The Bertz CT molecular complexity index is 104. The normalized spacial score (nSPS) is 0.667. The molecule has 0 aromatic heterocycles. The van der Waals surface area contributed by atoms with E-state index in [-0.39, 0.29) is 121 Å². The smallest absolute Gasteiger partial charge is 0 e. The molecule has 18 heavy (non-hydrogen) atoms. The van der Waals surface area contributed by atoms with Crippen LogP contribution in [0.25, 0.3) is 0 Å². The van der Waals surface area contributed by atoms with Crippen LogP contribution in [0.3, 0.4) is 0 Å². The Morgan fingerprint density at radius 3 is 0.222 bits per heavy atom. The molecule has 6 nitrogen and oxygen atoms in total. The second-order valence-electron chi connectivity index (χ2n) is 0. The van der Waals surface area contributed by atoms with Crippen LogP contribution < -0.4 is 0 Å². The molecule has 0 aliphatic heterocycles. The Morgan fingerprint density at radius 1 is 0.222 bits per heavy atom. The van der Waals surface area contributed by atoms with Crippen molar-refractivity contribution in [1.29, 1.82) is 31.6 Å². The third-order valence-electron chi connectivity index (χ3n) is 0. The van der Waals surface area contributed by atoms with Crippen LogP contribution in [0.15, 0.2) is 0 Å². The van der Waals surface area contributed by atoms with Crippen LogP contribution in [0, 0.1) is 71.0 Å². The third kappa shape index (κ3) is 6040. The van der Waals surface area contributed by atoms with Gasteiger partial charge in [-0.25, -0.2) is 0 Å². The molecule has 0 fully saturated rings. The molecule has 0 N–H and O–H groups in total. The fourth-order valence-electron chi connectivity index (χ4n) is 0. The summed E-state index contributed by atoms with van der Waals surface area (Å²) in [6, 6.07) is 0. The quantitative estimate of drug-likeness (QED) is 0.332. The maximum atomic E-state index is 6.25. The van der Waals surface area contributed by atoms with E-state index >= 15 is 0 Å². The van der Waals surface area contributed by atoms with Crippen LogP contribution in [0.4, 0.5) is 0 Å². The molecule has 0 heterocycles. The molecule has 0 aromatic carbocycles. The minimum absolute atomic E-state index is 0. The first-order valence-corrected chi connectivity index (χ1v) is 1.34. The van der Waals surface area contributed by atoms with Crippen molar-refractivity contribution in [3.8, 4) is 0 Å². The first-order valence-electron chi connectivity index (χ1n) is 1.34. The second-order valence-corrected chi connectivity index (χ2v) is 0. The van der Waals surface area contributed by atoms with Gasteiger partial charge in [0.05, 0.1) is 0 Å². The van der Waals surface area contributed by atoms with E-state index in [1.807, 2.05) is 0 Å². The summed E-state index contributed by atoms with van der Waals surface area (Å²) in [6.45, 7) is 28.5. The van der Waals surface area contributed by atoms with E-state index < -0.39 is 0 Å². The summed E-state index contributed by atoms with van der Waals surface area (Å²) in [5.41, 5.74) is 0. The summed E-state index contributed by atoms with van der Waals surface area (Å²) in [7, 11) is 0. The topological polar surface area (TPSA) is 143 Å². The number of hydrogen-bond donors (Lipinski definition) is 0. The van der Waals surface area contributed by atoms with Gasteiger partial charge in [0.15, 0.2) is 0 Å². The van der Waals surface area contributed by atoms with E-state index in [1.165, 1.54) is 0 Å². The van der Waals surface area contributed by atoms with E-state index in [9.17, 15) is 0 Å². The van der Waals surface area contributed by atoms with Crippen molar-refractivity contribution in [2.24, 2.45) is 0 Å². The van der Waals surface area contributed by atoms with Gasteiger partial charge in [-0.2, -0.15) is 0 Å². The van der Waals surface area contributed by atoms with Gasteiger partial charge in [0.1, 0.15) is 0 Å². The number of rotatable bonds is 0. The van der Waals surface area contributed by atoms with Crippen molar-refractivity contribution in [3.63, 3.8) is 0 Å². The van der Waals surface area contributed by atoms with Gasteiger partial charge in [-0.15, -0.1) is 0 Å². The molecule has 0 rings (SSSR count). The molecule has 102 valence electrons. The molecule has 0 unspecified atom stereocenters. The zero-order chi connectivity index (χ0) is 12.0. The van der Waals surface area contributed by atoms with Crippen LogP contribution in [0.2, 0.25) is 0 Å². The van der Waals surface area contributed by atoms with Crippen molar-refractivity contribution >= 4 is 0 Å². The summed E-state index contributed by atoms with van der Waals surface area (Å²) >= 11 is 0. The Balaban J connectivity index is -0.00000000225. The zero-order valence-electron chi connectivity index (χ0n) is 7.95. The first kappa shape index (κ1) is 128. The largest absolute Gasteiger partial charge is 0.512 e. The molecule has 6 radical (unpaired) electrons. The average Bonchev–Trinajstić information content (AvgIpc) is 2.33. The summed E-state index contributed by atoms with van der Waals surface area (Å²) in [4.78, 5) is 0. The molecule has 0 atom stereocenters. The molecule has 12 heteroatoms. The van der Waals surface area contributed by atoms with Crippen LogP contribution in [0.1, 0.15) is 0 Å². The van der Waals surface area contributed by atoms with E-state index in [2.05, 4.69) is 0 Å². The molecule has 0 aliphatic rings. The van der Waals surface area contributed by atoms with Gasteiger partial charge < -0.3 is 71.0 Å². The van der Waals surface area contributed by atoms with E-state index in [0.717, 1.165) is 0 Å². The van der Waals surface area contributed by atoms with E-state index in [0.29, 0.717) is 0 Å². The van der Waals surface area contributed by atoms with Crippen molar-refractivity contribution in [2.75, 3.05) is 0 Å². The van der Waals surface area contributed by atoms with Crippen molar-refractivity contribution < 1.29 is 121 Å². The van der Waals surface area contributed by atoms with Gasteiger partial charge in [0.2, 0.25) is 0 Å². The molecule has 0 amide bonds. The molecular formula is C6N6Tc6-6. The molecular weight excluding hydrogens is 744 g/mol. The molecule has 0 bridgehead atoms. The fraction of sp³-hybridized carbons (Fsp3) is 0. The molecule has 0 aliphatic carbocycles. The first-order chi connectivity index (χ1) is 6.00. The molecule has 0 aromatic rings. The van der Waals surface area contributed by atoms with Crippen LogP contribution in [-0.4, -0.2) is 0 Å². The maximum absolute atomic E-state index is 6.25. The molecule has 0 saturated heterocycles. The summed E-state index contributed by atoms with van der Waals surface area (Å²) < 4.78 is 0. The van der Waals surface area contributed by atoms with Gasteiger partial charge in [-0.05, 0) is 0 Å². The molecule has 0 saturated carbocycles. The summed E-state index contributed by atoms with van der Waals surface area (Å²) in [6.07, 6.45) is 0.